The fourth-order valence-corrected chi connectivity index (χ4v) is 3.32. The van der Waals surface area contributed by atoms with Gasteiger partial charge in [-0.1, -0.05) is 11.6 Å². The zero-order valence-electron chi connectivity index (χ0n) is 14.2. The molecule has 8 heteroatoms. The average Bonchev–Trinajstić information content (AvgIpc) is 2.92. The molecule has 0 spiro atoms. The first-order valence-electron chi connectivity index (χ1n) is 7.68. The summed E-state index contributed by atoms with van der Waals surface area (Å²) in [5.41, 5.74) is -0.289. The molecule has 0 N–H and O–H groups in total. The van der Waals surface area contributed by atoms with Crippen LogP contribution in [0.15, 0.2) is 40.9 Å². The molecule has 1 heterocycles. The third-order valence-electron chi connectivity index (χ3n) is 3.84. The van der Waals surface area contributed by atoms with Crippen molar-refractivity contribution in [3.63, 3.8) is 0 Å². The van der Waals surface area contributed by atoms with Crippen molar-refractivity contribution in [2.75, 3.05) is 0 Å². The van der Waals surface area contributed by atoms with E-state index in [0.29, 0.717) is 21.7 Å². The van der Waals surface area contributed by atoms with Crippen molar-refractivity contribution in [1.82, 2.24) is 14.8 Å². The monoisotopic (exact) mass is 441 g/mol. The normalized spacial score (nSPS) is 11.7. The minimum Gasteiger partial charge on any atom is -0.477 e. The lowest BCUT2D eigenvalue weighted by Crippen LogP contribution is -2.29. The Bertz CT molecular complexity index is 975. The molecule has 0 bridgehead atoms. The number of nitrogens with zero attached hydrogens (tertiary/aromatic N) is 3. The Balaban J connectivity index is 1.97. The number of ether oxygens (including phenoxy) is 1. The van der Waals surface area contributed by atoms with Gasteiger partial charge in [0.2, 0.25) is 0 Å². The lowest BCUT2D eigenvalue weighted by Gasteiger charge is -2.25. The maximum Gasteiger partial charge on any atom is 0.176 e. The van der Waals surface area contributed by atoms with Gasteiger partial charge in [-0.05, 0) is 66.2 Å². The molecule has 0 amide bonds. The van der Waals surface area contributed by atoms with Crippen LogP contribution >= 0.6 is 27.5 Å². The molecule has 3 aromatic rings. The zero-order chi connectivity index (χ0) is 19.1. The van der Waals surface area contributed by atoms with Crippen molar-refractivity contribution in [2.24, 2.45) is 7.05 Å². The number of rotatable bonds is 4. The summed E-state index contributed by atoms with van der Waals surface area (Å²) in [7, 11) is 1.77. The Kier molecular flexibility index (Phi) is 5.03. The Labute approximate surface area is 162 Å². The van der Waals surface area contributed by atoms with Gasteiger partial charge in [0, 0.05) is 22.1 Å². The van der Waals surface area contributed by atoms with Crippen LogP contribution in [0.5, 0.6) is 5.75 Å². The SMILES string of the molecule is Cn1c(-c2ccc(F)cc2Br)nnc1C(C)(C)Oc1ccc(Cl)cc1F. The fourth-order valence-electron chi connectivity index (χ4n) is 2.64. The summed E-state index contributed by atoms with van der Waals surface area (Å²) in [6.07, 6.45) is 0. The Hall–Kier alpha value is -1.99. The standard InChI is InChI=1S/C18H15BrClF2N3O/c1-18(2,26-15-7-4-10(20)8-14(15)22)17-24-23-16(25(17)3)12-6-5-11(21)9-13(12)19/h4-9H,1-3H3. The highest BCUT2D eigenvalue weighted by atomic mass is 79.9. The van der Waals surface area contributed by atoms with Gasteiger partial charge in [-0.15, -0.1) is 10.2 Å². The molecule has 0 saturated heterocycles. The number of hydrogen-bond donors (Lipinski definition) is 0. The smallest absolute Gasteiger partial charge is 0.176 e. The van der Waals surface area contributed by atoms with Crippen LogP contribution in [0.25, 0.3) is 11.4 Å². The maximum atomic E-state index is 14.1. The van der Waals surface area contributed by atoms with E-state index in [0.717, 1.165) is 0 Å². The molecule has 2 aromatic carbocycles. The molecule has 1 aromatic heterocycles. The minimum absolute atomic E-state index is 0.0620. The second-order valence-electron chi connectivity index (χ2n) is 6.22. The second kappa shape index (κ2) is 6.96. The number of halogens is 4. The Morgan fingerprint density at radius 1 is 1.12 bits per heavy atom. The number of benzene rings is 2. The van der Waals surface area contributed by atoms with E-state index in [1.54, 1.807) is 37.6 Å². The summed E-state index contributed by atoms with van der Waals surface area (Å²) in [5.74, 6) is 0.157. The van der Waals surface area contributed by atoms with Crippen molar-refractivity contribution in [3.8, 4) is 17.1 Å². The molecular weight excluding hydrogens is 428 g/mol. The third-order valence-corrected chi connectivity index (χ3v) is 4.74. The first-order chi connectivity index (χ1) is 12.2. The van der Waals surface area contributed by atoms with Crippen LogP contribution in [-0.2, 0) is 12.6 Å². The summed E-state index contributed by atoms with van der Waals surface area (Å²) in [6, 6.07) is 8.51. The van der Waals surface area contributed by atoms with Gasteiger partial charge in [-0.3, -0.25) is 0 Å². The van der Waals surface area contributed by atoms with Gasteiger partial charge >= 0.3 is 0 Å². The Morgan fingerprint density at radius 3 is 2.50 bits per heavy atom. The first kappa shape index (κ1) is 18.8. The molecule has 0 aliphatic carbocycles. The summed E-state index contributed by atoms with van der Waals surface area (Å²) in [4.78, 5) is 0. The van der Waals surface area contributed by atoms with Crippen LogP contribution in [0.4, 0.5) is 8.78 Å². The van der Waals surface area contributed by atoms with E-state index in [1.807, 2.05) is 0 Å². The summed E-state index contributed by atoms with van der Waals surface area (Å²) in [6.45, 7) is 3.52. The Morgan fingerprint density at radius 2 is 1.85 bits per heavy atom. The molecule has 0 aliphatic heterocycles. The van der Waals surface area contributed by atoms with Gasteiger partial charge in [0.25, 0.3) is 0 Å². The van der Waals surface area contributed by atoms with Crippen molar-refractivity contribution >= 4 is 27.5 Å². The van der Waals surface area contributed by atoms with Crippen LogP contribution in [0.1, 0.15) is 19.7 Å². The molecule has 0 radical (unpaired) electrons. The third kappa shape index (κ3) is 3.59. The lowest BCUT2D eigenvalue weighted by atomic mass is 10.1. The van der Waals surface area contributed by atoms with E-state index in [-0.39, 0.29) is 16.6 Å². The van der Waals surface area contributed by atoms with Crippen molar-refractivity contribution in [2.45, 2.75) is 19.4 Å². The van der Waals surface area contributed by atoms with Crippen LogP contribution in [-0.4, -0.2) is 14.8 Å². The summed E-state index contributed by atoms with van der Waals surface area (Å²) in [5, 5.41) is 8.67. The lowest BCUT2D eigenvalue weighted by molar-refractivity contribution is 0.0894. The fraction of sp³-hybridized carbons (Fsp3) is 0.222. The van der Waals surface area contributed by atoms with E-state index in [1.165, 1.54) is 24.3 Å². The van der Waals surface area contributed by atoms with Crippen molar-refractivity contribution in [1.29, 1.82) is 0 Å². The molecule has 0 atom stereocenters. The highest BCUT2D eigenvalue weighted by Gasteiger charge is 2.31. The topological polar surface area (TPSA) is 39.9 Å². The van der Waals surface area contributed by atoms with E-state index in [9.17, 15) is 8.78 Å². The number of hydrogen-bond acceptors (Lipinski definition) is 3. The van der Waals surface area contributed by atoms with Crippen molar-refractivity contribution in [3.05, 3.63) is 63.4 Å². The molecule has 26 heavy (non-hydrogen) atoms. The summed E-state index contributed by atoms with van der Waals surface area (Å²) >= 11 is 9.11. The van der Waals surface area contributed by atoms with Gasteiger partial charge in [-0.2, -0.15) is 0 Å². The second-order valence-corrected chi connectivity index (χ2v) is 7.51. The summed E-state index contributed by atoms with van der Waals surface area (Å²) < 4.78 is 35.5. The van der Waals surface area contributed by atoms with E-state index >= 15 is 0 Å². The predicted octanol–water partition coefficient (Wildman–Crippen LogP) is 5.49. The molecule has 4 nitrogen and oxygen atoms in total. The zero-order valence-corrected chi connectivity index (χ0v) is 16.6. The minimum atomic E-state index is -0.971. The predicted molar refractivity (Wildman–Crippen MR) is 99.2 cm³/mol. The van der Waals surface area contributed by atoms with Crippen molar-refractivity contribution < 1.29 is 13.5 Å². The van der Waals surface area contributed by atoms with Crippen LogP contribution in [0, 0.1) is 11.6 Å². The van der Waals surface area contributed by atoms with Gasteiger partial charge in [-0.25, -0.2) is 8.78 Å². The van der Waals surface area contributed by atoms with E-state index in [2.05, 4.69) is 26.1 Å². The molecule has 0 fully saturated rings. The van der Waals surface area contributed by atoms with E-state index < -0.39 is 11.4 Å². The van der Waals surface area contributed by atoms with Gasteiger partial charge in [0.15, 0.2) is 28.8 Å². The van der Waals surface area contributed by atoms with Gasteiger partial charge in [0.05, 0.1) is 0 Å². The molecule has 0 saturated carbocycles. The largest absolute Gasteiger partial charge is 0.477 e. The molecule has 0 aliphatic rings. The van der Waals surface area contributed by atoms with Gasteiger partial charge < -0.3 is 9.30 Å². The highest BCUT2D eigenvalue weighted by Crippen LogP contribution is 2.33. The maximum absolute atomic E-state index is 14.1. The van der Waals surface area contributed by atoms with Crippen LogP contribution < -0.4 is 4.74 Å². The highest BCUT2D eigenvalue weighted by molar-refractivity contribution is 9.10. The molecular formula is C18H15BrClF2N3O. The van der Waals surface area contributed by atoms with Gasteiger partial charge in [0.1, 0.15) is 5.82 Å². The average molecular weight is 443 g/mol. The van der Waals surface area contributed by atoms with Crippen LogP contribution in [0.2, 0.25) is 5.02 Å². The van der Waals surface area contributed by atoms with E-state index in [4.69, 9.17) is 16.3 Å². The molecule has 0 unspecified atom stereocenters. The quantitative estimate of drug-likeness (QED) is 0.536. The molecule has 136 valence electrons. The first-order valence-corrected chi connectivity index (χ1v) is 8.85. The van der Waals surface area contributed by atoms with Crippen LogP contribution in [0.3, 0.4) is 0 Å². The number of aromatic nitrogens is 3. The molecule has 3 rings (SSSR count).